The van der Waals surface area contributed by atoms with E-state index in [9.17, 15) is 9.90 Å². The van der Waals surface area contributed by atoms with Crippen molar-refractivity contribution >= 4 is 61.7 Å². The van der Waals surface area contributed by atoms with Crippen LogP contribution < -0.4 is 5.32 Å². The zero-order valence-electron chi connectivity index (χ0n) is 9.45. The summed E-state index contributed by atoms with van der Waals surface area (Å²) < 4.78 is 1.69. The van der Waals surface area contributed by atoms with Crippen LogP contribution in [0.2, 0.25) is 5.02 Å². The highest BCUT2D eigenvalue weighted by Crippen LogP contribution is 2.27. The smallest absolute Gasteiger partial charge is 0.259 e. The summed E-state index contributed by atoms with van der Waals surface area (Å²) in [6, 6.07) is 9.96. The molecule has 19 heavy (non-hydrogen) atoms. The van der Waals surface area contributed by atoms with Crippen LogP contribution in [0.1, 0.15) is 10.4 Å². The van der Waals surface area contributed by atoms with Gasteiger partial charge in [-0.2, -0.15) is 0 Å². The van der Waals surface area contributed by atoms with Crippen LogP contribution in [-0.2, 0) is 0 Å². The molecule has 0 bridgehead atoms. The van der Waals surface area contributed by atoms with E-state index in [1.807, 2.05) is 6.07 Å². The zero-order valence-corrected chi connectivity index (χ0v) is 14.0. The fourth-order valence-electron chi connectivity index (χ4n) is 1.47. The Hall–Kier alpha value is -0.790. The molecule has 0 aliphatic heterocycles. The minimum absolute atomic E-state index is 0.0812. The van der Waals surface area contributed by atoms with Gasteiger partial charge in [0.25, 0.3) is 5.91 Å². The Bertz CT molecular complexity index is 649. The number of aromatic hydroxyl groups is 1. The second-order valence-corrected chi connectivity index (χ2v) is 6.31. The Morgan fingerprint density at radius 2 is 2.00 bits per heavy atom. The molecule has 2 aromatic rings. The Labute approximate surface area is 137 Å². The minimum Gasteiger partial charge on any atom is -0.507 e. The molecule has 0 heterocycles. The summed E-state index contributed by atoms with van der Waals surface area (Å²) in [5.41, 5.74) is 0.690. The van der Waals surface area contributed by atoms with Crippen LogP contribution in [0.25, 0.3) is 0 Å². The summed E-state index contributed by atoms with van der Waals surface area (Å²) in [6.45, 7) is 0. The van der Waals surface area contributed by atoms with Gasteiger partial charge in [0.1, 0.15) is 5.75 Å². The minimum atomic E-state index is -0.415. The average Bonchev–Trinajstić information content (AvgIpc) is 2.35. The van der Waals surface area contributed by atoms with Crippen LogP contribution in [-0.4, -0.2) is 11.0 Å². The Balaban J connectivity index is 2.28. The van der Waals surface area contributed by atoms with Crippen LogP contribution in [0.3, 0.4) is 0 Å². The van der Waals surface area contributed by atoms with Crippen LogP contribution in [0.4, 0.5) is 5.69 Å². The van der Waals surface area contributed by atoms with Gasteiger partial charge < -0.3 is 10.4 Å². The molecule has 2 N–H and O–H groups in total. The van der Waals surface area contributed by atoms with E-state index in [4.69, 9.17) is 11.6 Å². The third-order valence-electron chi connectivity index (χ3n) is 2.38. The summed E-state index contributed by atoms with van der Waals surface area (Å²) in [6.07, 6.45) is 0. The van der Waals surface area contributed by atoms with E-state index in [0.717, 1.165) is 3.57 Å². The second kappa shape index (κ2) is 6.11. The predicted octanol–water partition coefficient (Wildman–Crippen LogP) is 4.67. The summed E-state index contributed by atoms with van der Waals surface area (Å²) in [5, 5.41) is 12.8. The van der Waals surface area contributed by atoms with Crippen molar-refractivity contribution in [3.63, 3.8) is 0 Å². The Kier molecular flexibility index (Phi) is 4.70. The maximum atomic E-state index is 12.1. The monoisotopic (exact) mass is 451 g/mol. The maximum absolute atomic E-state index is 12.1. The molecule has 2 rings (SSSR count). The average molecular weight is 452 g/mol. The van der Waals surface area contributed by atoms with Gasteiger partial charge in [-0.3, -0.25) is 4.79 Å². The van der Waals surface area contributed by atoms with E-state index in [1.54, 1.807) is 24.3 Å². The van der Waals surface area contributed by atoms with Gasteiger partial charge in [-0.05, 0) is 59.0 Å². The van der Waals surface area contributed by atoms with Crippen LogP contribution in [0, 0.1) is 3.57 Å². The number of rotatable bonds is 2. The van der Waals surface area contributed by atoms with Crippen LogP contribution >= 0.6 is 50.1 Å². The standard InChI is InChI=1S/C13H8BrClINO2/c14-7-1-4-12(18)9(5-7)13(19)17-11-3-2-8(16)6-10(11)15/h1-6,18H,(H,17,19). The van der Waals surface area contributed by atoms with Crippen molar-refractivity contribution in [2.75, 3.05) is 5.32 Å². The largest absolute Gasteiger partial charge is 0.507 e. The number of anilines is 1. The number of hydrogen-bond acceptors (Lipinski definition) is 2. The first-order chi connectivity index (χ1) is 8.97. The molecule has 0 spiro atoms. The SMILES string of the molecule is O=C(Nc1ccc(I)cc1Cl)c1cc(Br)ccc1O. The third-order valence-corrected chi connectivity index (χ3v) is 3.86. The van der Waals surface area contributed by atoms with E-state index in [-0.39, 0.29) is 11.3 Å². The van der Waals surface area contributed by atoms with E-state index in [2.05, 4.69) is 43.8 Å². The molecule has 0 radical (unpaired) electrons. The first kappa shape index (κ1) is 14.6. The molecule has 0 aliphatic carbocycles. The van der Waals surface area contributed by atoms with Crippen molar-refractivity contribution < 1.29 is 9.90 Å². The third kappa shape index (κ3) is 3.61. The molecule has 1 amide bonds. The Morgan fingerprint density at radius 1 is 1.26 bits per heavy atom. The van der Waals surface area contributed by atoms with Crippen molar-refractivity contribution in [1.82, 2.24) is 0 Å². The number of benzene rings is 2. The molecule has 6 heteroatoms. The molecular weight excluding hydrogens is 444 g/mol. The molecule has 2 aromatic carbocycles. The van der Waals surface area contributed by atoms with E-state index in [1.165, 1.54) is 6.07 Å². The Morgan fingerprint density at radius 3 is 2.68 bits per heavy atom. The summed E-state index contributed by atoms with van der Waals surface area (Å²) in [7, 11) is 0. The molecular formula is C13H8BrClINO2. The molecule has 3 nitrogen and oxygen atoms in total. The quantitative estimate of drug-likeness (QED) is 0.651. The lowest BCUT2D eigenvalue weighted by Crippen LogP contribution is -2.12. The number of amides is 1. The molecule has 0 atom stereocenters. The van der Waals surface area contributed by atoms with Gasteiger partial charge in [-0.1, -0.05) is 27.5 Å². The molecule has 98 valence electrons. The van der Waals surface area contributed by atoms with Gasteiger partial charge in [0, 0.05) is 8.04 Å². The van der Waals surface area contributed by atoms with Gasteiger partial charge >= 0.3 is 0 Å². The molecule has 0 aromatic heterocycles. The van der Waals surface area contributed by atoms with Crippen molar-refractivity contribution in [2.45, 2.75) is 0 Å². The molecule has 0 saturated heterocycles. The van der Waals surface area contributed by atoms with Crippen LogP contribution in [0.15, 0.2) is 40.9 Å². The van der Waals surface area contributed by atoms with Gasteiger partial charge in [0.05, 0.1) is 16.3 Å². The highest BCUT2D eigenvalue weighted by atomic mass is 127. The first-order valence-electron chi connectivity index (χ1n) is 5.22. The van der Waals surface area contributed by atoms with Gasteiger partial charge in [-0.25, -0.2) is 0 Å². The van der Waals surface area contributed by atoms with Gasteiger partial charge in [0.15, 0.2) is 0 Å². The maximum Gasteiger partial charge on any atom is 0.259 e. The molecule has 0 saturated carbocycles. The summed E-state index contributed by atoms with van der Waals surface area (Å²) in [5.74, 6) is -0.496. The van der Waals surface area contributed by atoms with Gasteiger partial charge in [-0.15, -0.1) is 0 Å². The van der Waals surface area contributed by atoms with Crippen molar-refractivity contribution in [3.8, 4) is 5.75 Å². The lowest BCUT2D eigenvalue weighted by molar-refractivity contribution is 0.102. The van der Waals surface area contributed by atoms with E-state index in [0.29, 0.717) is 15.2 Å². The van der Waals surface area contributed by atoms with Crippen molar-refractivity contribution in [3.05, 3.63) is 55.0 Å². The van der Waals surface area contributed by atoms with Crippen LogP contribution in [0.5, 0.6) is 5.75 Å². The molecule has 0 fully saturated rings. The second-order valence-electron chi connectivity index (χ2n) is 3.74. The molecule has 0 aliphatic rings. The predicted molar refractivity (Wildman–Crippen MR) is 87.9 cm³/mol. The molecule has 0 unspecified atom stereocenters. The topological polar surface area (TPSA) is 49.3 Å². The highest BCUT2D eigenvalue weighted by molar-refractivity contribution is 14.1. The normalized spacial score (nSPS) is 10.3. The van der Waals surface area contributed by atoms with Crippen molar-refractivity contribution in [1.29, 1.82) is 0 Å². The van der Waals surface area contributed by atoms with Crippen molar-refractivity contribution in [2.24, 2.45) is 0 Å². The highest BCUT2D eigenvalue weighted by Gasteiger charge is 2.13. The zero-order chi connectivity index (χ0) is 14.0. The van der Waals surface area contributed by atoms with E-state index >= 15 is 0 Å². The van der Waals surface area contributed by atoms with E-state index < -0.39 is 5.91 Å². The van der Waals surface area contributed by atoms with Gasteiger partial charge in [0.2, 0.25) is 0 Å². The number of carbonyl (C=O) groups excluding carboxylic acids is 1. The lowest BCUT2D eigenvalue weighted by atomic mass is 10.2. The summed E-state index contributed by atoms with van der Waals surface area (Å²) >= 11 is 11.4. The number of carbonyl (C=O) groups is 1. The number of nitrogens with one attached hydrogen (secondary N) is 1. The fourth-order valence-corrected chi connectivity index (χ4v) is 2.73. The number of hydrogen-bond donors (Lipinski definition) is 2. The number of halogens is 3. The lowest BCUT2D eigenvalue weighted by Gasteiger charge is -2.09. The fraction of sp³-hybridized carbons (Fsp3) is 0. The summed E-state index contributed by atoms with van der Waals surface area (Å²) in [4.78, 5) is 12.1. The number of phenolic OH excluding ortho intramolecular Hbond substituents is 1. The first-order valence-corrected chi connectivity index (χ1v) is 7.47. The number of phenols is 1.